The highest BCUT2D eigenvalue weighted by Gasteiger charge is 2.04. The Morgan fingerprint density at radius 1 is 1.05 bits per heavy atom. The van der Waals surface area contributed by atoms with Gasteiger partial charge in [-0.2, -0.15) is 0 Å². The SMILES string of the molecule is COCCN(CCNc1ccccc1Cl)CCOC. The molecule has 0 saturated carbocycles. The van der Waals surface area contributed by atoms with Gasteiger partial charge in [-0.15, -0.1) is 0 Å². The molecule has 0 fully saturated rings. The number of methoxy groups -OCH3 is 2. The maximum Gasteiger partial charge on any atom is 0.0637 e. The largest absolute Gasteiger partial charge is 0.383 e. The molecule has 1 rings (SSSR count). The molecule has 0 aromatic heterocycles. The summed E-state index contributed by atoms with van der Waals surface area (Å²) >= 11 is 6.09. The highest BCUT2D eigenvalue weighted by Crippen LogP contribution is 2.19. The second kappa shape index (κ2) is 10.0. The third kappa shape index (κ3) is 6.78. The topological polar surface area (TPSA) is 33.7 Å². The van der Waals surface area contributed by atoms with E-state index >= 15 is 0 Å². The summed E-state index contributed by atoms with van der Waals surface area (Å²) in [4.78, 5) is 2.30. The van der Waals surface area contributed by atoms with Gasteiger partial charge < -0.3 is 14.8 Å². The Hall–Kier alpha value is -0.810. The minimum atomic E-state index is 0.732. The number of nitrogens with one attached hydrogen (secondary N) is 1. The lowest BCUT2D eigenvalue weighted by molar-refractivity contribution is 0.116. The van der Waals surface area contributed by atoms with Gasteiger partial charge in [-0.3, -0.25) is 4.90 Å². The average Bonchev–Trinajstić information content (AvgIpc) is 2.43. The van der Waals surface area contributed by atoms with E-state index in [1.807, 2.05) is 24.3 Å². The van der Waals surface area contributed by atoms with Crippen molar-refractivity contribution in [1.82, 2.24) is 4.90 Å². The van der Waals surface area contributed by atoms with E-state index in [0.29, 0.717) is 0 Å². The minimum absolute atomic E-state index is 0.732. The van der Waals surface area contributed by atoms with Crippen molar-refractivity contribution < 1.29 is 9.47 Å². The zero-order chi connectivity index (χ0) is 13.9. The van der Waals surface area contributed by atoms with Crippen LogP contribution < -0.4 is 5.32 Å². The number of hydrogen-bond donors (Lipinski definition) is 1. The number of benzene rings is 1. The fraction of sp³-hybridized carbons (Fsp3) is 0.571. The van der Waals surface area contributed by atoms with Gasteiger partial charge >= 0.3 is 0 Å². The first kappa shape index (κ1) is 16.2. The maximum absolute atomic E-state index is 6.09. The van der Waals surface area contributed by atoms with E-state index in [1.165, 1.54) is 0 Å². The van der Waals surface area contributed by atoms with Crippen LogP contribution >= 0.6 is 11.6 Å². The molecular weight excluding hydrogens is 264 g/mol. The molecule has 0 aliphatic carbocycles. The third-order valence-electron chi connectivity index (χ3n) is 2.84. The van der Waals surface area contributed by atoms with Gasteiger partial charge in [0.1, 0.15) is 0 Å². The molecule has 0 amide bonds. The summed E-state index contributed by atoms with van der Waals surface area (Å²) in [6, 6.07) is 7.77. The van der Waals surface area contributed by atoms with E-state index in [0.717, 1.165) is 50.1 Å². The monoisotopic (exact) mass is 286 g/mol. The van der Waals surface area contributed by atoms with Gasteiger partial charge in [0.25, 0.3) is 0 Å². The normalized spacial score (nSPS) is 10.9. The van der Waals surface area contributed by atoms with Crippen molar-refractivity contribution in [2.45, 2.75) is 0 Å². The average molecular weight is 287 g/mol. The first-order chi connectivity index (χ1) is 9.27. The summed E-state index contributed by atoms with van der Waals surface area (Å²) in [6.45, 7) is 5.05. The summed E-state index contributed by atoms with van der Waals surface area (Å²) in [5.74, 6) is 0. The van der Waals surface area contributed by atoms with E-state index in [2.05, 4.69) is 10.2 Å². The van der Waals surface area contributed by atoms with Crippen LogP contribution in [0.2, 0.25) is 5.02 Å². The van der Waals surface area contributed by atoms with Crippen molar-refractivity contribution in [2.75, 3.05) is 58.9 Å². The lowest BCUT2D eigenvalue weighted by atomic mass is 10.3. The molecule has 19 heavy (non-hydrogen) atoms. The highest BCUT2D eigenvalue weighted by atomic mass is 35.5. The number of anilines is 1. The molecule has 0 spiro atoms. The minimum Gasteiger partial charge on any atom is -0.383 e. The summed E-state index contributed by atoms with van der Waals surface area (Å²) in [7, 11) is 3.44. The van der Waals surface area contributed by atoms with Gasteiger partial charge in [-0.1, -0.05) is 23.7 Å². The Kier molecular flexibility index (Phi) is 8.58. The number of ether oxygens (including phenoxy) is 2. The molecule has 0 aliphatic rings. The number of nitrogens with zero attached hydrogens (tertiary/aromatic N) is 1. The van der Waals surface area contributed by atoms with Crippen molar-refractivity contribution >= 4 is 17.3 Å². The molecule has 5 heteroatoms. The summed E-state index contributed by atoms with van der Waals surface area (Å²) in [6.07, 6.45) is 0. The molecule has 0 heterocycles. The van der Waals surface area contributed by atoms with E-state index in [-0.39, 0.29) is 0 Å². The second-order valence-corrected chi connectivity index (χ2v) is 4.64. The van der Waals surface area contributed by atoms with Crippen LogP contribution in [0.1, 0.15) is 0 Å². The first-order valence-corrected chi connectivity index (χ1v) is 6.84. The van der Waals surface area contributed by atoms with E-state index in [9.17, 15) is 0 Å². The molecule has 0 aliphatic heterocycles. The molecule has 1 aromatic carbocycles. The molecule has 0 unspecified atom stereocenters. The van der Waals surface area contributed by atoms with Crippen molar-refractivity contribution in [3.8, 4) is 0 Å². The molecule has 108 valence electrons. The second-order valence-electron chi connectivity index (χ2n) is 4.23. The van der Waals surface area contributed by atoms with Gasteiger partial charge in [0.15, 0.2) is 0 Å². The maximum atomic E-state index is 6.09. The van der Waals surface area contributed by atoms with E-state index < -0.39 is 0 Å². The molecule has 0 atom stereocenters. The Morgan fingerprint density at radius 3 is 2.26 bits per heavy atom. The third-order valence-corrected chi connectivity index (χ3v) is 3.17. The van der Waals surface area contributed by atoms with Crippen LogP contribution in [0.3, 0.4) is 0 Å². The number of rotatable bonds is 10. The Morgan fingerprint density at radius 2 is 1.68 bits per heavy atom. The summed E-state index contributed by atoms with van der Waals surface area (Å²) < 4.78 is 10.2. The van der Waals surface area contributed by atoms with Gasteiger partial charge in [0.2, 0.25) is 0 Å². The van der Waals surface area contributed by atoms with Gasteiger partial charge in [0, 0.05) is 40.4 Å². The van der Waals surface area contributed by atoms with Crippen LogP contribution in [0.15, 0.2) is 24.3 Å². The standard InChI is InChI=1S/C14H23ClN2O2/c1-18-11-9-17(10-12-19-2)8-7-16-14-6-4-3-5-13(14)15/h3-6,16H,7-12H2,1-2H3. The molecule has 0 saturated heterocycles. The van der Waals surface area contributed by atoms with Crippen LogP contribution in [0.4, 0.5) is 5.69 Å². The van der Waals surface area contributed by atoms with E-state index in [1.54, 1.807) is 14.2 Å². The predicted octanol–water partition coefficient (Wildman–Crippen LogP) is 2.35. The molecule has 0 radical (unpaired) electrons. The smallest absolute Gasteiger partial charge is 0.0637 e. The van der Waals surface area contributed by atoms with Crippen LogP contribution in [0.5, 0.6) is 0 Å². The molecule has 1 N–H and O–H groups in total. The fourth-order valence-corrected chi connectivity index (χ4v) is 1.93. The van der Waals surface area contributed by atoms with Crippen molar-refractivity contribution in [3.63, 3.8) is 0 Å². The van der Waals surface area contributed by atoms with Crippen LogP contribution in [-0.4, -0.2) is 58.5 Å². The van der Waals surface area contributed by atoms with Crippen molar-refractivity contribution in [2.24, 2.45) is 0 Å². The Balaban J connectivity index is 2.32. The molecule has 1 aromatic rings. The summed E-state index contributed by atoms with van der Waals surface area (Å²) in [5.41, 5.74) is 0.975. The first-order valence-electron chi connectivity index (χ1n) is 6.46. The van der Waals surface area contributed by atoms with Gasteiger partial charge in [-0.05, 0) is 12.1 Å². The Labute approximate surface area is 120 Å². The molecule has 4 nitrogen and oxygen atoms in total. The fourth-order valence-electron chi connectivity index (χ4n) is 1.73. The van der Waals surface area contributed by atoms with E-state index in [4.69, 9.17) is 21.1 Å². The van der Waals surface area contributed by atoms with Crippen LogP contribution in [-0.2, 0) is 9.47 Å². The number of halogens is 1. The van der Waals surface area contributed by atoms with Crippen molar-refractivity contribution in [1.29, 1.82) is 0 Å². The predicted molar refractivity (Wildman–Crippen MR) is 80.1 cm³/mol. The number of hydrogen-bond acceptors (Lipinski definition) is 4. The Bertz CT molecular complexity index is 342. The highest BCUT2D eigenvalue weighted by molar-refractivity contribution is 6.33. The van der Waals surface area contributed by atoms with Crippen LogP contribution in [0, 0.1) is 0 Å². The lowest BCUT2D eigenvalue weighted by Crippen LogP contribution is -2.34. The zero-order valence-corrected chi connectivity index (χ0v) is 12.4. The number of para-hydroxylation sites is 1. The quantitative estimate of drug-likeness (QED) is 0.716. The molecular formula is C14H23ClN2O2. The van der Waals surface area contributed by atoms with Gasteiger partial charge in [-0.25, -0.2) is 0 Å². The van der Waals surface area contributed by atoms with Crippen LogP contribution in [0.25, 0.3) is 0 Å². The van der Waals surface area contributed by atoms with Gasteiger partial charge in [0.05, 0.1) is 23.9 Å². The zero-order valence-electron chi connectivity index (χ0n) is 11.7. The van der Waals surface area contributed by atoms with Crippen molar-refractivity contribution in [3.05, 3.63) is 29.3 Å². The lowest BCUT2D eigenvalue weighted by Gasteiger charge is -2.22. The summed E-state index contributed by atoms with van der Waals surface area (Å²) in [5, 5.41) is 4.09. The molecule has 0 bridgehead atoms.